The molecule has 0 atom stereocenters. The Bertz CT molecular complexity index is 1370. The van der Waals surface area contributed by atoms with Crippen molar-refractivity contribution >= 4 is 23.1 Å². The minimum atomic E-state index is -0.225. The van der Waals surface area contributed by atoms with E-state index in [4.69, 9.17) is 14.2 Å². The number of benzene rings is 3. The molecule has 7 heteroatoms. The predicted molar refractivity (Wildman–Crippen MR) is 124 cm³/mol. The van der Waals surface area contributed by atoms with Gasteiger partial charge >= 0.3 is 0 Å². The molecule has 0 unspecified atom stereocenters. The summed E-state index contributed by atoms with van der Waals surface area (Å²) in [6, 6.07) is 17.6. The average molecular weight is 430 g/mol. The van der Waals surface area contributed by atoms with Crippen molar-refractivity contribution in [2.75, 3.05) is 21.3 Å². The van der Waals surface area contributed by atoms with Crippen LogP contribution in [-0.2, 0) is 0 Å². The summed E-state index contributed by atoms with van der Waals surface area (Å²) in [6.45, 7) is 0. The number of phenols is 1. The van der Waals surface area contributed by atoms with Crippen LogP contribution in [-0.4, -0.2) is 36.0 Å². The summed E-state index contributed by atoms with van der Waals surface area (Å²) in [5.41, 5.74) is 1.45. The van der Waals surface area contributed by atoms with Crippen LogP contribution in [0, 0.1) is 0 Å². The van der Waals surface area contributed by atoms with Gasteiger partial charge in [0.25, 0.3) is 5.56 Å². The maximum Gasteiger partial charge on any atom is 0.266 e. The smallest absolute Gasteiger partial charge is 0.266 e. The van der Waals surface area contributed by atoms with Crippen molar-refractivity contribution in [1.82, 2.24) is 9.55 Å². The molecule has 162 valence electrons. The van der Waals surface area contributed by atoms with Crippen LogP contribution in [0.1, 0.15) is 11.4 Å². The predicted octanol–water partition coefficient (Wildman–Crippen LogP) is 4.29. The van der Waals surface area contributed by atoms with Gasteiger partial charge in [-0.3, -0.25) is 9.36 Å². The van der Waals surface area contributed by atoms with Crippen LogP contribution in [0.25, 0.3) is 28.7 Å². The summed E-state index contributed by atoms with van der Waals surface area (Å²) in [4.78, 5) is 18.1. The van der Waals surface area contributed by atoms with Gasteiger partial charge < -0.3 is 19.3 Å². The molecular formula is C25H22N2O5. The van der Waals surface area contributed by atoms with E-state index < -0.39 is 0 Å². The molecule has 0 aliphatic heterocycles. The Morgan fingerprint density at radius 1 is 0.844 bits per heavy atom. The van der Waals surface area contributed by atoms with Crippen LogP contribution in [0.2, 0.25) is 0 Å². The third kappa shape index (κ3) is 3.76. The standard InChI is InChI=1S/C25H22N2O5/c1-30-20-13-12-17(15-22(20)32-3)27-23(26-19-9-5-4-8-18(19)25(27)29)14-11-16-7-6-10-21(31-2)24(16)28/h4-15,28H,1-3H3/b14-11+. The summed E-state index contributed by atoms with van der Waals surface area (Å²) in [5.74, 6) is 1.80. The number of para-hydroxylation sites is 2. The van der Waals surface area contributed by atoms with Gasteiger partial charge in [0, 0.05) is 11.6 Å². The molecule has 0 saturated carbocycles. The van der Waals surface area contributed by atoms with Gasteiger partial charge in [0.2, 0.25) is 0 Å². The van der Waals surface area contributed by atoms with Gasteiger partial charge in [-0.1, -0.05) is 24.3 Å². The Morgan fingerprint density at radius 3 is 2.34 bits per heavy atom. The quantitative estimate of drug-likeness (QED) is 0.491. The molecule has 4 aromatic rings. The summed E-state index contributed by atoms with van der Waals surface area (Å²) >= 11 is 0. The van der Waals surface area contributed by atoms with Crippen LogP contribution < -0.4 is 19.8 Å². The van der Waals surface area contributed by atoms with Crippen molar-refractivity contribution in [2.24, 2.45) is 0 Å². The van der Waals surface area contributed by atoms with Gasteiger partial charge in [-0.15, -0.1) is 0 Å². The highest BCUT2D eigenvalue weighted by Crippen LogP contribution is 2.31. The highest BCUT2D eigenvalue weighted by molar-refractivity contribution is 5.80. The highest BCUT2D eigenvalue weighted by Gasteiger charge is 2.14. The van der Waals surface area contributed by atoms with Gasteiger partial charge in [0.05, 0.1) is 37.9 Å². The number of rotatable bonds is 6. The Morgan fingerprint density at radius 2 is 1.59 bits per heavy atom. The van der Waals surface area contributed by atoms with Crippen molar-refractivity contribution < 1.29 is 19.3 Å². The van der Waals surface area contributed by atoms with Crippen LogP contribution in [0.4, 0.5) is 0 Å². The highest BCUT2D eigenvalue weighted by atomic mass is 16.5. The van der Waals surface area contributed by atoms with Crippen molar-refractivity contribution in [1.29, 1.82) is 0 Å². The average Bonchev–Trinajstić information content (AvgIpc) is 2.83. The minimum Gasteiger partial charge on any atom is -0.504 e. The van der Waals surface area contributed by atoms with Crippen LogP contribution >= 0.6 is 0 Å². The van der Waals surface area contributed by atoms with Crippen molar-refractivity contribution in [3.8, 4) is 28.7 Å². The number of nitrogens with zero attached hydrogens (tertiary/aromatic N) is 2. The molecule has 7 nitrogen and oxygen atoms in total. The first kappa shape index (κ1) is 21.0. The zero-order chi connectivity index (χ0) is 22.7. The van der Waals surface area contributed by atoms with E-state index in [0.29, 0.717) is 45.2 Å². The molecule has 0 fully saturated rings. The second-order valence-corrected chi connectivity index (χ2v) is 6.90. The molecule has 3 aromatic carbocycles. The first-order valence-corrected chi connectivity index (χ1v) is 9.85. The maximum absolute atomic E-state index is 13.4. The van der Waals surface area contributed by atoms with E-state index in [2.05, 4.69) is 4.98 Å². The molecule has 1 N–H and O–H groups in total. The minimum absolute atomic E-state index is 0.00653. The topological polar surface area (TPSA) is 82.8 Å². The zero-order valence-electron chi connectivity index (χ0n) is 17.9. The van der Waals surface area contributed by atoms with Gasteiger partial charge in [0.15, 0.2) is 23.0 Å². The molecular weight excluding hydrogens is 408 g/mol. The molecule has 32 heavy (non-hydrogen) atoms. The fourth-order valence-electron chi connectivity index (χ4n) is 3.48. The molecule has 0 aliphatic rings. The molecule has 4 rings (SSSR count). The number of fused-ring (bicyclic) bond motifs is 1. The molecule has 0 amide bonds. The molecule has 0 radical (unpaired) electrons. The van der Waals surface area contributed by atoms with E-state index in [-0.39, 0.29) is 11.3 Å². The van der Waals surface area contributed by atoms with E-state index >= 15 is 0 Å². The van der Waals surface area contributed by atoms with Crippen LogP contribution in [0.15, 0.2) is 65.5 Å². The number of aromatic nitrogens is 2. The summed E-state index contributed by atoms with van der Waals surface area (Å²) in [7, 11) is 4.58. The van der Waals surface area contributed by atoms with Gasteiger partial charge in [-0.25, -0.2) is 4.98 Å². The second kappa shape index (κ2) is 8.85. The van der Waals surface area contributed by atoms with Gasteiger partial charge in [0.1, 0.15) is 5.82 Å². The molecule has 1 heterocycles. The second-order valence-electron chi connectivity index (χ2n) is 6.90. The third-order valence-electron chi connectivity index (χ3n) is 5.09. The lowest BCUT2D eigenvalue weighted by Crippen LogP contribution is -2.22. The largest absolute Gasteiger partial charge is 0.504 e. The first-order valence-electron chi connectivity index (χ1n) is 9.85. The first-order chi connectivity index (χ1) is 15.6. The Balaban J connectivity index is 1.94. The lowest BCUT2D eigenvalue weighted by molar-refractivity contribution is 0.355. The fraction of sp³-hybridized carbons (Fsp3) is 0.120. The number of methoxy groups -OCH3 is 3. The molecule has 0 saturated heterocycles. The molecule has 0 aliphatic carbocycles. The van der Waals surface area contributed by atoms with Crippen molar-refractivity contribution in [3.05, 3.63) is 82.4 Å². The molecule has 1 aromatic heterocycles. The number of phenolic OH excluding ortho intramolecular Hbond substituents is 1. The molecule has 0 bridgehead atoms. The van der Waals surface area contributed by atoms with E-state index in [1.807, 2.05) is 6.07 Å². The van der Waals surface area contributed by atoms with E-state index in [9.17, 15) is 9.90 Å². The fourth-order valence-corrected chi connectivity index (χ4v) is 3.48. The maximum atomic E-state index is 13.4. The van der Waals surface area contributed by atoms with Gasteiger partial charge in [-0.2, -0.15) is 0 Å². The number of aromatic hydroxyl groups is 1. The normalized spacial score (nSPS) is 11.1. The third-order valence-corrected chi connectivity index (χ3v) is 5.09. The van der Waals surface area contributed by atoms with Crippen LogP contribution in [0.3, 0.4) is 0 Å². The Kier molecular flexibility index (Phi) is 5.81. The van der Waals surface area contributed by atoms with Crippen molar-refractivity contribution in [3.63, 3.8) is 0 Å². The number of hydrogen-bond donors (Lipinski definition) is 1. The lowest BCUT2D eigenvalue weighted by Gasteiger charge is -2.14. The van der Waals surface area contributed by atoms with Crippen molar-refractivity contribution in [2.45, 2.75) is 0 Å². The van der Waals surface area contributed by atoms with Gasteiger partial charge in [-0.05, 0) is 42.5 Å². The number of ether oxygens (including phenoxy) is 3. The number of hydrogen-bond acceptors (Lipinski definition) is 6. The van der Waals surface area contributed by atoms with Crippen LogP contribution in [0.5, 0.6) is 23.0 Å². The lowest BCUT2D eigenvalue weighted by atomic mass is 10.1. The van der Waals surface area contributed by atoms with E-state index in [1.165, 1.54) is 18.8 Å². The summed E-state index contributed by atoms with van der Waals surface area (Å²) in [6.07, 6.45) is 3.37. The Labute approximate surface area is 184 Å². The molecule has 0 spiro atoms. The SMILES string of the molecule is COc1ccc(-n2c(/C=C/c3cccc(OC)c3O)nc3ccccc3c2=O)cc1OC. The summed E-state index contributed by atoms with van der Waals surface area (Å²) in [5, 5.41) is 10.9. The van der Waals surface area contributed by atoms with E-state index in [0.717, 1.165) is 0 Å². The summed E-state index contributed by atoms with van der Waals surface area (Å²) < 4.78 is 17.4. The monoisotopic (exact) mass is 430 g/mol. The van der Waals surface area contributed by atoms with E-state index in [1.54, 1.807) is 73.9 Å². The Hall–Kier alpha value is -4.26. The zero-order valence-corrected chi connectivity index (χ0v) is 17.9.